The van der Waals surface area contributed by atoms with E-state index in [1.807, 2.05) is 48.5 Å². The van der Waals surface area contributed by atoms with Crippen molar-refractivity contribution in [1.82, 2.24) is 9.55 Å². The molecule has 3 heteroatoms. The summed E-state index contributed by atoms with van der Waals surface area (Å²) >= 11 is 0. The Morgan fingerprint density at radius 1 is 0.957 bits per heavy atom. The Bertz CT molecular complexity index is 749. The zero-order chi connectivity index (χ0) is 16.1. The molecule has 3 rings (SSSR count). The number of aliphatic hydroxyl groups excluding tert-OH is 1. The van der Waals surface area contributed by atoms with Crippen LogP contribution < -0.4 is 0 Å². The molecule has 0 aliphatic carbocycles. The van der Waals surface area contributed by atoms with Gasteiger partial charge in [-0.05, 0) is 24.1 Å². The van der Waals surface area contributed by atoms with Crippen molar-refractivity contribution in [2.75, 3.05) is 0 Å². The lowest BCUT2D eigenvalue weighted by Gasteiger charge is -2.14. The van der Waals surface area contributed by atoms with E-state index < -0.39 is 6.10 Å². The summed E-state index contributed by atoms with van der Waals surface area (Å²) in [4.78, 5) is 4.70. The van der Waals surface area contributed by atoms with Crippen LogP contribution in [-0.2, 0) is 6.54 Å². The van der Waals surface area contributed by atoms with Crippen LogP contribution in [0.4, 0.5) is 0 Å². The third kappa shape index (κ3) is 3.45. The summed E-state index contributed by atoms with van der Waals surface area (Å²) in [5, 5.41) is 10.8. The van der Waals surface area contributed by atoms with E-state index in [2.05, 4.69) is 17.6 Å². The van der Waals surface area contributed by atoms with Crippen molar-refractivity contribution in [2.24, 2.45) is 0 Å². The Morgan fingerprint density at radius 2 is 1.70 bits per heavy atom. The first-order valence-electron chi connectivity index (χ1n) is 8.49. The zero-order valence-electron chi connectivity index (χ0n) is 13.7. The molecule has 0 aliphatic rings. The van der Waals surface area contributed by atoms with E-state index in [-0.39, 0.29) is 0 Å². The lowest BCUT2D eigenvalue weighted by atomic mass is 10.1. The molecule has 3 aromatic rings. The zero-order valence-corrected chi connectivity index (χ0v) is 13.7. The molecule has 0 bridgehead atoms. The van der Waals surface area contributed by atoms with Gasteiger partial charge in [-0.25, -0.2) is 4.98 Å². The van der Waals surface area contributed by atoms with Crippen LogP contribution in [0.25, 0.3) is 11.0 Å². The second kappa shape index (κ2) is 7.42. The van der Waals surface area contributed by atoms with Crippen molar-refractivity contribution in [3.8, 4) is 0 Å². The van der Waals surface area contributed by atoms with Crippen molar-refractivity contribution < 1.29 is 5.11 Å². The Kier molecular flexibility index (Phi) is 5.09. The summed E-state index contributed by atoms with van der Waals surface area (Å²) in [6.07, 6.45) is 4.12. The highest BCUT2D eigenvalue weighted by molar-refractivity contribution is 5.76. The van der Waals surface area contributed by atoms with Gasteiger partial charge in [0.05, 0.1) is 11.0 Å². The fourth-order valence-corrected chi connectivity index (χ4v) is 3.02. The smallest absolute Gasteiger partial charge is 0.143 e. The minimum Gasteiger partial charge on any atom is -0.380 e. The second-order valence-corrected chi connectivity index (χ2v) is 5.98. The highest BCUT2D eigenvalue weighted by atomic mass is 16.3. The molecule has 23 heavy (non-hydrogen) atoms. The van der Waals surface area contributed by atoms with Gasteiger partial charge in [0.2, 0.25) is 0 Å². The molecule has 0 fully saturated rings. The number of para-hydroxylation sites is 2. The molecule has 1 atom stereocenters. The first-order chi connectivity index (χ1) is 11.3. The highest BCUT2D eigenvalue weighted by Crippen LogP contribution is 2.26. The molecule has 1 N–H and O–H groups in total. The number of aliphatic hydroxyl groups is 1. The Hall–Kier alpha value is -2.13. The number of aromatic nitrogens is 2. The monoisotopic (exact) mass is 308 g/mol. The van der Waals surface area contributed by atoms with Crippen molar-refractivity contribution in [3.63, 3.8) is 0 Å². The van der Waals surface area contributed by atoms with Gasteiger partial charge >= 0.3 is 0 Å². The first-order valence-corrected chi connectivity index (χ1v) is 8.49. The number of fused-ring (bicyclic) bond motifs is 1. The number of hydrogen-bond donors (Lipinski definition) is 1. The molecule has 2 aromatic carbocycles. The molecule has 0 spiro atoms. The van der Waals surface area contributed by atoms with E-state index in [0.29, 0.717) is 0 Å². The van der Waals surface area contributed by atoms with Crippen molar-refractivity contribution in [1.29, 1.82) is 0 Å². The maximum atomic E-state index is 10.8. The Morgan fingerprint density at radius 3 is 2.48 bits per heavy atom. The molecule has 120 valence electrons. The van der Waals surface area contributed by atoms with Crippen molar-refractivity contribution in [2.45, 2.75) is 45.3 Å². The Labute approximate surface area is 137 Å². The normalized spacial score (nSPS) is 12.6. The van der Waals surface area contributed by atoms with Crippen LogP contribution in [0.3, 0.4) is 0 Å². The topological polar surface area (TPSA) is 38.0 Å². The van der Waals surface area contributed by atoms with E-state index in [1.54, 1.807) is 0 Å². The molecule has 0 saturated carbocycles. The van der Waals surface area contributed by atoms with E-state index in [9.17, 15) is 5.11 Å². The van der Waals surface area contributed by atoms with Crippen molar-refractivity contribution >= 4 is 11.0 Å². The van der Waals surface area contributed by atoms with Gasteiger partial charge in [-0.1, -0.05) is 68.7 Å². The molecule has 0 unspecified atom stereocenters. The average molecular weight is 308 g/mol. The van der Waals surface area contributed by atoms with Crippen LogP contribution in [0.5, 0.6) is 0 Å². The molecular weight excluding hydrogens is 284 g/mol. The summed E-state index contributed by atoms with van der Waals surface area (Å²) in [7, 11) is 0. The largest absolute Gasteiger partial charge is 0.380 e. The molecular formula is C20H24N2O. The van der Waals surface area contributed by atoms with Gasteiger partial charge in [0, 0.05) is 6.54 Å². The second-order valence-electron chi connectivity index (χ2n) is 5.98. The van der Waals surface area contributed by atoms with Crippen LogP contribution in [0.15, 0.2) is 54.6 Å². The number of benzene rings is 2. The third-order valence-electron chi connectivity index (χ3n) is 4.28. The standard InChI is InChI=1S/C20H24N2O/c1-2-3-4-10-15-22-18-14-9-8-13-17(18)21-20(22)19(23)16-11-6-5-7-12-16/h5-9,11-14,19,23H,2-4,10,15H2,1H3/t19-/m0/s1. The fourth-order valence-electron chi connectivity index (χ4n) is 3.02. The van der Waals surface area contributed by atoms with Crippen LogP contribution in [0, 0.1) is 0 Å². The average Bonchev–Trinajstić information content (AvgIpc) is 2.97. The van der Waals surface area contributed by atoms with Crippen LogP contribution in [0.2, 0.25) is 0 Å². The van der Waals surface area contributed by atoms with Gasteiger partial charge < -0.3 is 9.67 Å². The predicted molar refractivity (Wildman–Crippen MR) is 94.4 cm³/mol. The van der Waals surface area contributed by atoms with Gasteiger partial charge in [-0.15, -0.1) is 0 Å². The minimum absolute atomic E-state index is 0.685. The van der Waals surface area contributed by atoms with E-state index in [1.165, 1.54) is 19.3 Å². The molecule has 3 nitrogen and oxygen atoms in total. The molecule has 0 aliphatic heterocycles. The van der Waals surface area contributed by atoms with Crippen LogP contribution in [-0.4, -0.2) is 14.7 Å². The summed E-state index contributed by atoms with van der Waals surface area (Å²) in [5.74, 6) is 0.744. The van der Waals surface area contributed by atoms with E-state index >= 15 is 0 Å². The highest BCUT2D eigenvalue weighted by Gasteiger charge is 2.19. The quantitative estimate of drug-likeness (QED) is 0.643. The molecule has 0 saturated heterocycles. The summed E-state index contributed by atoms with van der Waals surface area (Å²) in [6.45, 7) is 3.12. The molecule has 0 amide bonds. The predicted octanol–water partition coefficient (Wildman–Crippen LogP) is 4.70. The first kappa shape index (κ1) is 15.8. The van der Waals surface area contributed by atoms with E-state index in [0.717, 1.165) is 35.4 Å². The number of rotatable bonds is 7. The number of unbranched alkanes of at least 4 members (excludes halogenated alkanes) is 3. The molecule has 1 aromatic heterocycles. The maximum absolute atomic E-state index is 10.8. The van der Waals surface area contributed by atoms with Gasteiger partial charge in [-0.2, -0.15) is 0 Å². The summed E-state index contributed by atoms with van der Waals surface area (Å²) < 4.78 is 2.18. The van der Waals surface area contributed by atoms with Crippen LogP contribution >= 0.6 is 0 Å². The molecule has 1 heterocycles. The summed E-state index contributed by atoms with van der Waals surface area (Å²) in [5.41, 5.74) is 2.94. The SMILES string of the molecule is CCCCCCn1c([C@@H](O)c2ccccc2)nc2ccccc21. The number of hydrogen-bond acceptors (Lipinski definition) is 2. The lowest BCUT2D eigenvalue weighted by Crippen LogP contribution is -2.10. The maximum Gasteiger partial charge on any atom is 0.143 e. The van der Waals surface area contributed by atoms with Crippen molar-refractivity contribution in [3.05, 3.63) is 66.0 Å². The Balaban J connectivity index is 1.94. The fraction of sp³-hybridized carbons (Fsp3) is 0.350. The lowest BCUT2D eigenvalue weighted by molar-refractivity contribution is 0.205. The van der Waals surface area contributed by atoms with Gasteiger partial charge in [-0.3, -0.25) is 0 Å². The van der Waals surface area contributed by atoms with Crippen LogP contribution in [0.1, 0.15) is 50.1 Å². The number of nitrogens with zero attached hydrogens (tertiary/aromatic N) is 2. The molecule has 0 radical (unpaired) electrons. The van der Waals surface area contributed by atoms with Gasteiger partial charge in [0.25, 0.3) is 0 Å². The van der Waals surface area contributed by atoms with Gasteiger partial charge in [0.15, 0.2) is 0 Å². The summed E-state index contributed by atoms with van der Waals surface area (Å²) in [6, 6.07) is 17.9. The number of imidazole rings is 1. The number of aryl methyl sites for hydroxylation is 1. The minimum atomic E-state index is -0.685. The third-order valence-corrected chi connectivity index (χ3v) is 4.28. The van der Waals surface area contributed by atoms with Gasteiger partial charge in [0.1, 0.15) is 11.9 Å². The van der Waals surface area contributed by atoms with E-state index in [4.69, 9.17) is 4.98 Å².